The SMILES string of the molecule is C=CCC(O)(CO)C1(O)OC(=O)O1. The van der Waals surface area contributed by atoms with Gasteiger partial charge in [0.15, 0.2) is 5.60 Å². The molecule has 74 valence electrons. The van der Waals surface area contributed by atoms with Crippen LogP contribution in [0.4, 0.5) is 4.79 Å². The third-order valence-corrected chi connectivity index (χ3v) is 1.78. The Kier molecular flexibility index (Phi) is 2.29. The van der Waals surface area contributed by atoms with E-state index in [-0.39, 0.29) is 6.42 Å². The third-order valence-electron chi connectivity index (χ3n) is 1.78. The summed E-state index contributed by atoms with van der Waals surface area (Å²) in [5.74, 6) is -2.47. The van der Waals surface area contributed by atoms with Gasteiger partial charge in [-0.3, -0.25) is 0 Å². The first-order chi connectivity index (χ1) is 5.97. The fraction of sp³-hybridized carbons (Fsp3) is 0.571. The molecule has 1 aliphatic heterocycles. The zero-order valence-corrected chi connectivity index (χ0v) is 6.77. The minimum absolute atomic E-state index is 0.173. The van der Waals surface area contributed by atoms with Crippen LogP contribution in [0.15, 0.2) is 12.7 Å². The van der Waals surface area contributed by atoms with Gasteiger partial charge in [-0.25, -0.2) is 4.79 Å². The second-order valence-electron chi connectivity index (χ2n) is 2.72. The van der Waals surface area contributed by atoms with Crippen molar-refractivity contribution >= 4 is 6.16 Å². The standard InChI is InChI=1S/C7H10O6/c1-2-3-6(10,4-8)7(11)12-5(9)13-7/h2,8,10-11H,1,3-4H2. The van der Waals surface area contributed by atoms with Gasteiger partial charge >= 0.3 is 12.1 Å². The van der Waals surface area contributed by atoms with Crippen molar-refractivity contribution in [3.8, 4) is 0 Å². The maximum Gasteiger partial charge on any atom is 0.518 e. The average molecular weight is 190 g/mol. The van der Waals surface area contributed by atoms with Gasteiger partial charge in [-0.05, 0) is 0 Å². The Morgan fingerprint density at radius 1 is 1.62 bits per heavy atom. The van der Waals surface area contributed by atoms with Crippen molar-refractivity contribution in [3.05, 3.63) is 12.7 Å². The van der Waals surface area contributed by atoms with Gasteiger partial charge in [-0.2, -0.15) is 0 Å². The summed E-state index contributed by atoms with van der Waals surface area (Å²) < 4.78 is 8.34. The van der Waals surface area contributed by atoms with Crippen LogP contribution in [0.25, 0.3) is 0 Å². The molecule has 1 rings (SSSR count). The molecule has 0 aliphatic carbocycles. The summed E-state index contributed by atoms with van der Waals surface area (Å²) in [6.45, 7) is 2.49. The van der Waals surface area contributed by atoms with Gasteiger partial charge in [-0.15, -0.1) is 6.58 Å². The van der Waals surface area contributed by atoms with Gasteiger partial charge in [0, 0.05) is 6.42 Å². The zero-order chi connectivity index (χ0) is 10.1. The molecule has 0 aromatic carbocycles. The van der Waals surface area contributed by atoms with Crippen molar-refractivity contribution in [3.63, 3.8) is 0 Å². The second-order valence-corrected chi connectivity index (χ2v) is 2.72. The van der Waals surface area contributed by atoms with E-state index < -0.39 is 24.3 Å². The first kappa shape index (κ1) is 9.97. The molecular weight excluding hydrogens is 180 g/mol. The summed E-state index contributed by atoms with van der Waals surface area (Å²) in [6.07, 6.45) is -0.0183. The lowest BCUT2D eigenvalue weighted by Crippen LogP contribution is -2.67. The lowest BCUT2D eigenvalue weighted by molar-refractivity contribution is -0.449. The lowest BCUT2D eigenvalue weighted by atomic mass is 9.97. The van der Waals surface area contributed by atoms with Gasteiger partial charge in [0.2, 0.25) is 0 Å². The molecule has 6 nitrogen and oxygen atoms in total. The molecule has 13 heavy (non-hydrogen) atoms. The molecule has 0 saturated carbocycles. The van der Waals surface area contributed by atoms with E-state index in [0.717, 1.165) is 0 Å². The van der Waals surface area contributed by atoms with Gasteiger partial charge < -0.3 is 24.8 Å². The number of aliphatic hydroxyl groups is 3. The normalized spacial score (nSPS) is 23.5. The first-order valence-electron chi connectivity index (χ1n) is 3.56. The summed E-state index contributed by atoms with van der Waals surface area (Å²) in [7, 11) is 0. The van der Waals surface area contributed by atoms with Crippen LogP contribution in [0.1, 0.15) is 6.42 Å². The molecule has 1 heterocycles. The smallest absolute Gasteiger partial charge is 0.393 e. The topological polar surface area (TPSA) is 96.2 Å². The summed E-state index contributed by atoms with van der Waals surface area (Å²) >= 11 is 0. The molecule has 1 unspecified atom stereocenters. The maximum atomic E-state index is 10.3. The fourth-order valence-corrected chi connectivity index (χ4v) is 0.956. The molecular formula is C7H10O6. The highest BCUT2D eigenvalue weighted by Gasteiger charge is 2.63. The van der Waals surface area contributed by atoms with Crippen LogP contribution in [0.3, 0.4) is 0 Å². The summed E-state index contributed by atoms with van der Waals surface area (Å²) in [6, 6.07) is 0. The minimum atomic E-state index is -2.47. The predicted octanol–water partition coefficient (Wildman–Crippen LogP) is -0.901. The molecule has 1 fully saturated rings. The van der Waals surface area contributed by atoms with E-state index in [9.17, 15) is 15.0 Å². The summed E-state index contributed by atoms with van der Waals surface area (Å²) in [4.78, 5) is 10.3. The largest absolute Gasteiger partial charge is 0.518 e. The van der Waals surface area contributed by atoms with Crippen LogP contribution in [-0.4, -0.2) is 39.7 Å². The fourth-order valence-electron chi connectivity index (χ4n) is 0.956. The highest BCUT2D eigenvalue weighted by molar-refractivity contribution is 5.65. The number of rotatable bonds is 4. The van der Waals surface area contributed by atoms with Crippen LogP contribution in [-0.2, 0) is 9.47 Å². The molecule has 3 N–H and O–H groups in total. The van der Waals surface area contributed by atoms with Crippen molar-refractivity contribution in [1.82, 2.24) is 0 Å². The van der Waals surface area contributed by atoms with E-state index in [1.165, 1.54) is 6.08 Å². The zero-order valence-electron chi connectivity index (χ0n) is 6.77. The molecule has 1 atom stereocenters. The van der Waals surface area contributed by atoms with Crippen molar-refractivity contribution in [2.75, 3.05) is 6.61 Å². The Morgan fingerprint density at radius 2 is 2.15 bits per heavy atom. The number of carbonyl (C=O) groups is 1. The van der Waals surface area contributed by atoms with Crippen LogP contribution in [0.2, 0.25) is 0 Å². The van der Waals surface area contributed by atoms with E-state index in [1.54, 1.807) is 0 Å². The Hall–Kier alpha value is -1.11. The van der Waals surface area contributed by atoms with Crippen molar-refractivity contribution in [2.24, 2.45) is 0 Å². The number of carbonyl (C=O) groups excluding carboxylic acids is 1. The number of aliphatic hydroxyl groups excluding tert-OH is 1. The molecule has 1 aliphatic rings. The Bertz CT molecular complexity index is 229. The number of hydrogen-bond donors (Lipinski definition) is 3. The predicted molar refractivity (Wildman–Crippen MR) is 39.4 cm³/mol. The molecule has 0 aromatic heterocycles. The number of ether oxygens (including phenoxy) is 2. The molecule has 0 radical (unpaired) electrons. The summed E-state index contributed by atoms with van der Waals surface area (Å²) in [5, 5.41) is 27.6. The van der Waals surface area contributed by atoms with E-state index in [0.29, 0.717) is 0 Å². The molecule has 0 spiro atoms. The Labute approximate surface area is 74.0 Å². The van der Waals surface area contributed by atoms with Crippen molar-refractivity contribution < 1.29 is 29.6 Å². The molecule has 1 saturated heterocycles. The Balaban J connectivity index is 2.76. The highest BCUT2D eigenvalue weighted by Crippen LogP contribution is 2.35. The van der Waals surface area contributed by atoms with Crippen molar-refractivity contribution in [1.29, 1.82) is 0 Å². The van der Waals surface area contributed by atoms with Gasteiger partial charge in [-0.1, -0.05) is 6.08 Å². The van der Waals surface area contributed by atoms with Crippen LogP contribution < -0.4 is 0 Å². The molecule has 6 heteroatoms. The second kappa shape index (κ2) is 2.99. The van der Waals surface area contributed by atoms with Crippen LogP contribution in [0.5, 0.6) is 0 Å². The lowest BCUT2D eigenvalue weighted by Gasteiger charge is -2.43. The van der Waals surface area contributed by atoms with Gasteiger partial charge in [0.05, 0.1) is 6.61 Å². The molecule has 0 aromatic rings. The third kappa shape index (κ3) is 1.39. The maximum absolute atomic E-state index is 10.3. The van der Waals surface area contributed by atoms with Crippen LogP contribution >= 0.6 is 0 Å². The molecule has 0 bridgehead atoms. The van der Waals surface area contributed by atoms with E-state index in [1.807, 2.05) is 0 Å². The Morgan fingerprint density at radius 3 is 2.46 bits per heavy atom. The van der Waals surface area contributed by atoms with Gasteiger partial charge in [0.25, 0.3) is 0 Å². The quantitative estimate of drug-likeness (QED) is 0.392. The highest BCUT2D eigenvalue weighted by atomic mass is 17.0. The number of cyclic esters (lactones) is 2. The summed E-state index contributed by atoms with van der Waals surface area (Å²) in [5.41, 5.74) is -2.07. The van der Waals surface area contributed by atoms with Gasteiger partial charge in [0.1, 0.15) is 0 Å². The van der Waals surface area contributed by atoms with E-state index >= 15 is 0 Å². The van der Waals surface area contributed by atoms with Crippen LogP contribution in [0, 0.1) is 0 Å². The first-order valence-corrected chi connectivity index (χ1v) is 3.56. The number of hydrogen-bond acceptors (Lipinski definition) is 6. The monoisotopic (exact) mass is 190 g/mol. The van der Waals surface area contributed by atoms with Crippen molar-refractivity contribution in [2.45, 2.75) is 18.0 Å². The minimum Gasteiger partial charge on any atom is -0.393 e. The average Bonchev–Trinajstić information content (AvgIpc) is 2.02. The van der Waals surface area contributed by atoms with E-state index in [2.05, 4.69) is 16.1 Å². The van der Waals surface area contributed by atoms with E-state index in [4.69, 9.17) is 5.11 Å². The molecule has 0 amide bonds.